The van der Waals surface area contributed by atoms with Crippen LogP contribution >= 0.6 is 0 Å². The molecule has 120 valence electrons. The quantitative estimate of drug-likeness (QED) is 0.707. The molecular formula is C18H15N3O3. The number of nitrogens with one attached hydrogen (secondary N) is 1. The van der Waals surface area contributed by atoms with Gasteiger partial charge in [-0.1, -0.05) is 29.8 Å². The van der Waals surface area contributed by atoms with Crippen LogP contribution in [0.1, 0.15) is 16.1 Å². The zero-order chi connectivity index (χ0) is 17.1. The summed E-state index contributed by atoms with van der Waals surface area (Å²) in [7, 11) is 0. The van der Waals surface area contributed by atoms with Gasteiger partial charge in [-0.3, -0.25) is 4.79 Å². The first-order chi connectivity index (χ1) is 11.6. The van der Waals surface area contributed by atoms with Gasteiger partial charge in [0.1, 0.15) is 0 Å². The molecule has 0 aliphatic rings. The molecule has 3 rings (SSSR count). The van der Waals surface area contributed by atoms with E-state index >= 15 is 0 Å². The van der Waals surface area contributed by atoms with E-state index in [0.717, 1.165) is 11.1 Å². The first-order valence-corrected chi connectivity index (χ1v) is 7.29. The lowest BCUT2D eigenvalue weighted by molar-refractivity contribution is -0.105. The number of benzene rings is 2. The Labute approximate surface area is 138 Å². The molecule has 0 saturated heterocycles. The molecule has 0 bridgehead atoms. The fourth-order valence-corrected chi connectivity index (χ4v) is 2.38. The Bertz CT molecular complexity index is 881. The van der Waals surface area contributed by atoms with Gasteiger partial charge in [0.25, 0.3) is 0 Å². The third-order valence-electron chi connectivity index (χ3n) is 3.61. The maximum Gasteiger partial charge on any atom is 0.356 e. The Morgan fingerprint density at radius 3 is 2.38 bits per heavy atom. The molecule has 0 spiro atoms. The van der Waals surface area contributed by atoms with Crippen LogP contribution in [0.25, 0.3) is 16.9 Å². The number of rotatable bonds is 5. The van der Waals surface area contributed by atoms with Crippen LogP contribution in [0.15, 0.2) is 54.6 Å². The minimum Gasteiger partial charge on any atom is -0.476 e. The van der Waals surface area contributed by atoms with Crippen LogP contribution in [0, 0.1) is 6.92 Å². The van der Waals surface area contributed by atoms with Gasteiger partial charge in [0, 0.05) is 11.3 Å². The van der Waals surface area contributed by atoms with Crippen LogP contribution in [0.2, 0.25) is 0 Å². The highest BCUT2D eigenvalue weighted by atomic mass is 16.4. The van der Waals surface area contributed by atoms with E-state index in [1.807, 2.05) is 31.2 Å². The SMILES string of the molecule is Cc1ccc(-c2cc(C(=O)O)nn2-c2ccc(NC=O)cc2)cc1. The molecule has 0 fully saturated rings. The van der Waals surface area contributed by atoms with Crippen molar-refractivity contribution in [1.82, 2.24) is 9.78 Å². The highest BCUT2D eigenvalue weighted by Crippen LogP contribution is 2.25. The molecule has 0 atom stereocenters. The molecule has 0 unspecified atom stereocenters. The predicted molar refractivity (Wildman–Crippen MR) is 90.4 cm³/mol. The molecule has 2 aromatic carbocycles. The number of amides is 1. The van der Waals surface area contributed by atoms with E-state index in [1.54, 1.807) is 35.0 Å². The van der Waals surface area contributed by atoms with Crippen LogP contribution in [-0.4, -0.2) is 27.3 Å². The molecule has 0 aliphatic carbocycles. The second-order valence-electron chi connectivity index (χ2n) is 5.31. The number of anilines is 1. The number of aryl methyl sites for hydroxylation is 1. The van der Waals surface area contributed by atoms with Gasteiger partial charge < -0.3 is 10.4 Å². The Morgan fingerprint density at radius 1 is 1.12 bits per heavy atom. The molecule has 6 heteroatoms. The molecule has 3 aromatic rings. The summed E-state index contributed by atoms with van der Waals surface area (Å²) in [4.78, 5) is 21.8. The largest absolute Gasteiger partial charge is 0.476 e. The maximum absolute atomic E-state index is 11.3. The van der Waals surface area contributed by atoms with Crippen LogP contribution in [0.3, 0.4) is 0 Å². The van der Waals surface area contributed by atoms with E-state index in [9.17, 15) is 14.7 Å². The van der Waals surface area contributed by atoms with E-state index in [4.69, 9.17) is 0 Å². The molecule has 0 radical (unpaired) electrons. The summed E-state index contributed by atoms with van der Waals surface area (Å²) in [6.45, 7) is 1.99. The molecule has 6 nitrogen and oxygen atoms in total. The van der Waals surface area contributed by atoms with Crippen molar-refractivity contribution in [3.63, 3.8) is 0 Å². The van der Waals surface area contributed by atoms with Crippen molar-refractivity contribution in [2.45, 2.75) is 6.92 Å². The van der Waals surface area contributed by atoms with Crippen molar-refractivity contribution in [1.29, 1.82) is 0 Å². The average Bonchev–Trinajstić information content (AvgIpc) is 3.02. The lowest BCUT2D eigenvalue weighted by Gasteiger charge is -2.08. The smallest absolute Gasteiger partial charge is 0.356 e. The van der Waals surface area contributed by atoms with Gasteiger partial charge in [-0.05, 0) is 37.3 Å². The third kappa shape index (κ3) is 3.03. The van der Waals surface area contributed by atoms with E-state index in [1.165, 1.54) is 0 Å². The van der Waals surface area contributed by atoms with Crippen LogP contribution < -0.4 is 5.32 Å². The summed E-state index contributed by atoms with van der Waals surface area (Å²) in [5.41, 5.74) is 4.00. The van der Waals surface area contributed by atoms with Gasteiger partial charge in [-0.25, -0.2) is 9.48 Å². The fraction of sp³-hybridized carbons (Fsp3) is 0.0556. The van der Waals surface area contributed by atoms with Crippen molar-refractivity contribution in [2.75, 3.05) is 5.32 Å². The molecule has 1 amide bonds. The first-order valence-electron chi connectivity index (χ1n) is 7.29. The standard InChI is InChI=1S/C18H15N3O3/c1-12-2-4-13(5-3-12)17-10-16(18(23)24)20-21(17)15-8-6-14(7-9-15)19-11-22/h2-11H,1H3,(H,19,22)(H,23,24). The summed E-state index contributed by atoms with van der Waals surface area (Å²) >= 11 is 0. The van der Waals surface area contributed by atoms with Gasteiger partial charge in [0.15, 0.2) is 5.69 Å². The van der Waals surface area contributed by atoms with Gasteiger partial charge >= 0.3 is 5.97 Å². The third-order valence-corrected chi connectivity index (χ3v) is 3.61. The topological polar surface area (TPSA) is 84.2 Å². The van der Waals surface area contributed by atoms with Gasteiger partial charge in [0.05, 0.1) is 11.4 Å². The number of aromatic carboxylic acids is 1. The monoisotopic (exact) mass is 321 g/mol. The first kappa shape index (κ1) is 15.5. The molecule has 0 aliphatic heterocycles. The van der Waals surface area contributed by atoms with Crippen molar-refractivity contribution >= 4 is 18.1 Å². The Morgan fingerprint density at radius 2 is 1.79 bits per heavy atom. The van der Waals surface area contributed by atoms with E-state index < -0.39 is 5.97 Å². The predicted octanol–water partition coefficient (Wildman–Crippen LogP) is 3.11. The van der Waals surface area contributed by atoms with E-state index in [-0.39, 0.29) is 5.69 Å². The second kappa shape index (κ2) is 6.37. The lowest BCUT2D eigenvalue weighted by Crippen LogP contribution is -2.02. The van der Waals surface area contributed by atoms with Crippen LogP contribution in [0.4, 0.5) is 5.69 Å². The summed E-state index contributed by atoms with van der Waals surface area (Å²) in [5.74, 6) is -1.08. The van der Waals surface area contributed by atoms with Gasteiger partial charge in [0.2, 0.25) is 6.41 Å². The Balaban J connectivity index is 2.10. The Kier molecular flexibility index (Phi) is 4.11. The number of carbonyl (C=O) groups is 2. The van der Waals surface area contributed by atoms with Crippen LogP contribution in [-0.2, 0) is 4.79 Å². The highest BCUT2D eigenvalue weighted by Gasteiger charge is 2.15. The number of hydrogen-bond donors (Lipinski definition) is 2. The minimum atomic E-state index is -1.08. The summed E-state index contributed by atoms with van der Waals surface area (Å²) in [5, 5.41) is 16.0. The zero-order valence-corrected chi connectivity index (χ0v) is 12.9. The Hall–Kier alpha value is -3.41. The number of nitrogens with zero attached hydrogens (tertiary/aromatic N) is 2. The lowest BCUT2D eigenvalue weighted by atomic mass is 10.1. The molecule has 24 heavy (non-hydrogen) atoms. The molecule has 2 N–H and O–H groups in total. The number of aromatic nitrogens is 2. The second-order valence-corrected chi connectivity index (χ2v) is 5.31. The molecule has 1 heterocycles. The van der Waals surface area contributed by atoms with Gasteiger partial charge in [-0.2, -0.15) is 5.10 Å². The van der Waals surface area contributed by atoms with Crippen molar-refractivity contribution < 1.29 is 14.7 Å². The molecule has 0 saturated carbocycles. The number of hydrogen-bond acceptors (Lipinski definition) is 3. The minimum absolute atomic E-state index is 0.0272. The molecular weight excluding hydrogens is 306 g/mol. The van der Waals surface area contributed by atoms with Crippen LogP contribution in [0.5, 0.6) is 0 Å². The summed E-state index contributed by atoms with van der Waals surface area (Å²) in [6, 6.07) is 16.3. The normalized spacial score (nSPS) is 10.4. The average molecular weight is 321 g/mol. The number of carbonyl (C=O) groups excluding carboxylic acids is 1. The zero-order valence-electron chi connectivity index (χ0n) is 12.9. The fourth-order valence-electron chi connectivity index (χ4n) is 2.38. The van der Waals surface area contributed by atoms with E-state index in [0.29, 0.717) is 23.5 Å². The number of carboxylic acid groups (broad SMARTS) is 1. The highest BCUT2D eigenvalue weighted by molar-refractivity contribution is 5.87. The van der Waals surface area contributed by atoms with Gasteiger partial charge in [-0.15, -0.1) is 0 Å². The maximum atomic E-state index is 11.3. The summed E-state index contributed by atoms with van der Waals surface area (Å²) < 4.78 is 1.58. The number of carboxylic acids is 1. The molecule has 1 aromatic heterocycles. The van der Waals surface area contributed by atoms with Crippen molar-refractivity contribution in [3.05, 3.63) is 65.9 Å². The van der Waals surface area contributed by atoms with Crippen molar-refractivity contribution in [2.24, 2.45) is 0 Å². The van der Waals surface area contributed by atoms with E-state index in [2.05, 4.69) is 10.4 Å². The van der Waals surface area contributed by atoms with Crippen molar-refractivity contribution in [3.8, 4) is 16.9 Å². The summed E-state index contributed by atoms with van der Waals surface area (Å²) in [6.07, 6.45) is 0.600.